The second kappa shape index (κ2) is 8.52. The first kappa shape index (κ1) is 17.3. The van der Waals surface area contributed by atoms with Gasteiger partial charge in [-0.2, -0.15) is 0 Å². The predicted octanol–water partition coefficient (Wildman–Crippen LogP) is 2.58. The summed E-state index contributed by atoms with van der Waals surface area (Å²) in [4.78, 5) is 11.5. The van der Waals surface area contributed by atoms with E-state index in [1.807, 2.05) is 32.0 Å². The van der Waals surface area contributed by atoms with Crippen molar-refractivity contribution < 1.29 is 19.4 Å². The Morgan fingerprint density at radius 1 is 1.29 bits per heavy atom. The second-order valence-electron chi connectivity index (χ2n) is 5.46. The van der Waals surface area contributed by atoms with Crippen molar-refractivity contribution in [1.29, 1.82) is 0 Å². The van der Waals surface area contributed by atoms with Crippen molar-refractivity contribution in [3.8, 4) is 5.75 Å². The van der Waals surface area contributed by atoms with Crippen LogP contribution in [0.2, 0.25) is 0 Å². The summed E-state index contributed by atoms with van der Waals surface area (Å²) in [5.74, 6) is 0.282. The lowest BCUT2D eigenvalue weighted by atomic mass is 10.2. The van der Waals surface area contributed by atoms with Crippen molar-refractivity contribution in [2.24, 2.45) is 5.92 Å². The highest BCUT2D eigenvalue weighted by Crippen LogP contribution is 2.27. The summed E-state index contributed by atoms with van der Waals surface area (Å²) in [6.45, 7) is 8.06. The normalized spacial score (nSPS) is 10.8. The lowest BCUT2D eigenvalue weighted by Gasteiger charge is -2.16. The Balaban J connectivity index is 2.80. The molecule has 1 aromatic rings. The SMILES string of the molecule is CC(C)Nc1ccc(COC(=O)C(C)C)cc1OCCO. The smallest absolute Gasteiger partial charge is 0.308 e. The minimum atomic E-state index is -0.225. The summed E-state index contributed by atoms with van der Waals surface area (Å²) in [5, 5.41) is 12.2. The molecule has 0 aromatic heterocycles. The molecule has 2 N–H and O–H groups in total. The molecule has 0 fully saturated rings. The lowest BCUT2D eigenvalue weighted by molar-refractivity contribution is -0.148. The van der Waals surface area contributed by atoms with Crippen molar-refractivity contribution in [1.82, 2.24) is 0 Å². The maximum atomic E-state index is 11.5. The summed E-state index contributed by atoms with van der Waals surface area (Å²) in [6, 6.07) is 5.88. The van der Waals surface area contributed by atoms with Gasteiger partial charge in [-0.15, -0.1) is 0 Å². The van der Waals surface area contributed by atoms with Crippen LogP contribution in [0, 0.1) is 5.92 Å². The number of benzene rings is 1. The quantitative estimate of drug-likeness (QED) is 0.722. The molecule has 118 valence electrons. The average Bonchev–Trinajstić information content (AvgIpc) is 2.43. The third-order valence-corrected chi connectivity index (χ3v) is 2.69. The van der Waals surface area contributed by atoms with Gasteiger partial charge in [0.2, 0.25) is 0 Å². The highest BCUT2D eigenvalue weighted by molar-refractivity contribution is 5.71. The standard InChI is InChI=1S/C16H25NO4/c1-11(2)16(19)21-10-13-5-6-14(17-12(3)4)15(9-13)20-8-7-18/h5-6,9,11-12,17-18H,7-8,10H2,1-4H3. The van der Waals surface area contributed by atoms with Gasteiger partial charge < -0.3 is 19.9 Å². The fourth-order valence-electron chi connectivity index (χ4n) is 1.68. The maximum Gasteiger partial charge on any atom is 0.308 e. The number of esters is 1. The number of carbonyl (C=O) groups is 1. The molecular formula is C16H25NO4. The van der Waals surface area contributed by atoms with Gasteiger partial charge in [-0.1, -0.05) is 19.9 Å². The van der Waals surface area contributed by atoms with E-state index in [-0.39, 0.29) is 37.7 Å². The predicted molar refractivity (Wildman–Crippen MR) is 82.4 cm³/mol. The number of ether oxygens (including phenoxy) is 2. The molecule has 0 aliphatic carbocycles. The molecule has 5 nitrogen and oxygen atoms in total. The number of rotatable bonds is 8. The van der Waals surface area contributed by atoms with Crippen LogP contribution in [0.25, 0.3) is 0 Å². The monoisotopic (exact) mass is 295 g/mol. The van der Waals surface area contributed by atoms with Crippen LogP contribution in [0.5, 0.6) is 5.75 Å². The van der Waals surface area contributed by atoms with Gasteiger partial charge in [0.25, 0.3) is 0 Å². The second-order valence-corrected chi connectivity index (χ2v) is 5.46. The van der Waals surface area contributed by atoms with Crippen LogP contribution >= 0.6 is 0 Å². The molecule has 0 heterocycles. The molecule has 0 amide bonds. The first-order valence-corrected chi connectivity index (χ1v) is 7.23. The molecule has 0 radical (unpaired) electrons. The largest absolute Gasteiger partial charge is 0.489 e. The van der Waals surface area contributed by atoms with E-state index >= 15 is 0 Å². The van der Waals surface area contributed by atoms with E-state index in [2.05, 4.69) is 5.32 Å². The van der Waals surface area contributed by atoms with Crippen LogP contribution in [-0.2, 0) is 16.1 Å². The van der Waals surface area contributed by atoms with Crippen LogP contribution in [0.4, 0.5) is 5.69 Å². The Morgan fingerprint density at radius 3 is 2.57 bits per heavy atom. The van der Waals surface area contributed by atoms with Crippen LogP contribution in [0.15, 0.2) is 18.2 Å². The van der Waals surface area contributed by atoms with E-state index in [4.69, 9.17) is 14.6 Å². The Hall–Kier alpha value is -1.75. The topological polar surface area (TPSA) is 67.8 Å². The summed E-state index contributed by atoms with van der Waals surface area (Å²) >= 11 is 0. The molecule has 1 rings (SSSR count). The number of aliphatic hydroxyl groups excluding tert-OH is 1. The van der Waals surface area contributed by atoms with Gasteiger partial charge in [-0.05, 0) is 31.5 Å². The number of carbonyl (C=O) groups excluding carboxylic acids is 1. The number of nitrogens with one attached hydrogen (secondary N) is 1. The van der Waals surface area contributed by atoms with Crippen molar-refractivity contribution in [3.63, 3.8) is 0 Å². The average molecular weight is 295 g/mol. The lowest BCUT2D eigenvalue weighted by Crippen LogP contribution is -2.13. The van der Waals surface area contributed by atoms with Crippen molar-refractivity contribution in [2.75, 3.05) is 18.5 Å². The molecule has 0 spiro atoms. The van der Waals surface area contributed by atoms with Crippen molar-refractivity contribution >= 4 is 11.7 Å². The van der Waals surface area contributed by atoms with Crippen molar-refractivity contribution in [3.05, 3.63) is 23.8 Å². The van der Waals surface area contributed by atoms with Crippen LogP contribution in [0.1, 0.15) is 33.3 Å². The van der Waals surface area contributed by atoms with Gasteiger partial charge in [-0.3, -0.25) is 4.79 Å². The zero-order valence-electron chi connectivity index (χ0n) is 13.2. The third kappa shape index (κ3) is 6.04. The van der Waals surface area contributed by atoms with Crippen LogP contribution in [-0.4, -0.2) is 30.3 Å². The summed E-state index contributed by atoms with van der Waals surface area (Å²) < 4.78 is 10.7. The van der Waals surface area contributed by atoms with Gasteiger partial charge in [0.15, 0.2) is 0 Å². The number of hydrogen-bond donors (Lipinski definition) is 2. The van der Waals surface area contributed by atoms with Crippen LogP contribution < -0.4 is 10.1 Å². The molecule has 0 unspecified atom stereocenters. The Morgan fingerprint density at radius 2 is 2.00 bits per heavy atom. The maximum absolute atomic E-state index is 11.5. The minimum absolute atomic E-state index is 0.0479. The van der Waals surface area contributed by atoms with E-state index in [9.17, 15) is 4.79 Å². The number of aliphatic hydroxyl groups is 1. The van der Waals surface area contributed by atoms with Crippen molar-refractivity contribution in [2.45, 2.75) is 40.3 Å². The zero-order valence-corrected chi connectivity index (χ0v) is 13.2. The highest BCUT2D eigenvalue weighted by Gasteiger charge is 2.11. The van der Waals surface area contributed by atoms with Gasteiger partial charge in [0.05, 0.1) is 18.2 Å². The van der Waals surface area contributed by atoms with Gasteiger partial charge >= 0.3 is 5.97 Å². The molecule has 0 aliphatic heterocycles. The minimum Gasteiger partial charge on any atom is -0.489 e. The first-order valence-electron chi connectivity index (χ1n) is 7.23. The van der Waals surface area contributed by atoms with E-state index in [0.717, 1.165) is 11.3 Å². The molecule has 21 heavy (non-hydrogen) atoms. The fraction of sp³-hybridized carbons (Fsp3) is 0.562. The molecule has 0 atom stereocenters. The van der Waals surface area contributed by atoms with E-state index < -0.39 is 0 Å². The van der Waals surface area contributed by atoms with Gasteiger partial charge in [-0.25, -0.2) is 0 Å². The first-order chi connectivity index (χ1) is 9.93. The fourth-order valence-corrected chi connectivity index (χ4v) is 1.68. The van der Waals surface area contributed by atoms with Crippen LogP contribution in [0.3, 0.4) is 0 Å². The summed E-state index contributed by atoms with van der Waals surface area (Å²) in [5.41, 5.74) is 1.71. The molecule has 0 bridgehead atoms. The van der Waals surface area contributed by atoms with Gasteiger partial charge in [0.1, 0.15) is 19.0 Å². The van der Waals surface area contributed by atoms with E-state index in [1.165, 1.54) is 0 Å². The molecule has 5 heteroatoms. The zero-order chi connectivity index (χ0) is 15.8. The Bertz CT molecular complexity index is 458. The number of hydrogen-bond acceptors (Lipinski definition) is 5. The Kier molecular flexibility index (Phi) is 7.02. The third-order valence-electron chi connectivity index (χ3n) is 2.69. The molecule has 0 saturated heterocycles. The highest BCUT2D eigenvalue weighted by atomic mass is 16.5. The number of anilines is 1. The van der Waals surface area contributed by atoms with Gasteiger partial charge in [0, 0.05) is 6.04 Å². The molecule has 0 aliphatic rings. The Labute approximate surface area is 126 Å². The molecular weight excluding hydrogens is 270 g/mol. The molecule has 0 saturated carbocycles. The summed E-state index contributed by atoms with van der Waals surface area (Å²) in [7, 11) is 0. The summed E-state index contributed by atoms with van der Waals surface area (Å²) in [6.07, 6.45) is 0. The molecule has 1 aromatic carbocycles. The van der Waals surface area contributed by atoms with E-state index in [0.29, 0.717) is 5.75 Å². The van der Waals surface area contributed by atoms with E-state index in [1.54, 1.807) is 13.8 Å².